The Bertz CT molecular complexity index is 747. The van der Waals surface area contributed by atoms with Gasteiger partial charge in [-0.25, -0.2) is 0 Å². The fourth-order valence-electron chi connectivity index (χ4n) is 2.27. The molecule has 26 heavy (non-hydrogen) atoms. The summed E-state index contributed by atoms with van der Waals surface area (Å²) in [6, 6.07) is 3.00. The minimum absolute atomic E-state index is 0.000901. The normalized spacial score (nSPS) is 13.0. The molecule has 0 saturated heterocycles. The first-order valence-electron chi connectivity index (χ1n) is 8.64. The molecule has 8 heteroatoms. The SMILES string of the molecule is CCCCCCOc1c(C)cc(S(=O)(=O)ON=C(C)C(C)=NO)cc1C. The average molecular weight is 384 g/mol. The standard InChI is InChI=1S/C18H28N2O5S/c1-6-7-8-9-10-24-18-13(2)11-17(12-14(18)3)26(22,23)25-20-16(5)15(4)19-21/h11-12,21H,6-10H2,1-5H3. The van der Waals surface area contributed by atoms with E-state index in [1.165, 1.54) is 32.4 Å². The Morgan fingerprint density at radius 3 is 2.23 bits per heavy atom. The maximum absolute atomic E-state index is 12.3. The van der Waals surface area contributed by atoms with Crippen LogP contribution in [0.1, 0.15) is 57.6 Å². The molecule has 146 valence electrons. The van der Waals surface area contributed by atoms with Gasteiger partial charge in [-0.05, 0) is 57.4 Å². The van der Waals surface area contributed by atoms with Gasteiger partial charge >= 0.3 is 10.1 Å². The van der Waals surface area contributed by atoms with E-state index in [0.29, 0.717) is 12.4 Å². The third-order valence-corrected chi connectivity index (χ3v) is 5.00. The van der Waals surface area contributed by atoms with Crippen LogP contribution >= 0.6 is 0 Å². The molecule has 0 unspecified atom stereocenters. The predicted molar refractivity (Wildman–Crippen MR) is 102 cm³/mol. The zero-order valence-electron chi connectivity index (χ0n) is 16.1. The molecule has 0 spiro atoms. The van der Waals surface area contributed by atoms with Crippen LogP contribution < -0.4 is 4.74 Å². The summed E-state index contributed by atoms with van der Waals surface area (Å²) >= 11 is 0. The minimum atomic E-state index is -4.07. The Kier molecular flexibility index (Phi) is 8.57. The highest BCUT2D eigenvalue weighted by Gasteiger charge is 2.19. The van der Waals surface area contributed by atoms with Crippen molar-refractivity contribution in [3.63, 3.8) is 0 Å². The molecule has 0 atom stereocenters. The summed E-state index contributed by atoms with van der Waals surface area (Å²) in [6.45, 7) is 9.31. The lowest BCUT2D eigenvalue weighted by Crippen LogP contribution is -2.10. The van der Waals surface area contributed by atoms with Gasteiger partial charge in [-0.15, -0.1) is 0 Å². The van der Waals surface area contributed by atoms with Crippen molar-refractivity contribution in [2.24, 2.45) is 10.3 Å². The monoisotopic (exact) mass is 384 g/mol. The summed E-state index contributed by atoms with van der Waals surface area (Å²) in [5.41, 5.74) is 1.77. The second-order valence-electron chi connectivity index (χ2n) is 6.19. The van der Waals surface area contributed by atoms with Gasteiger partial charge in [-0.3, -0.25) is 4.28 Å². The molecule has 0 bridgehead atoms. The highest BCUT2D eigenvalue weighted by molar-refractivity contribution is 7.86. The highest BCUT2D eigenvalue weighted by atomic mass is 32.2. The molecule has 0 radical (unpaired) electrons. The molecule has 7 nitrogen and oxygen atoms in total. The molecule has 0 aliphatic rings. The summed E-state index contributed by atoms with van der Waals surface area (Å²) in [4.78, 5) is 0.000901. The van der Waals surface area contributed by atoms with Crippen molar-refractivity contribution in [1.29, 1.82) is 0 Å². The zero-order chi connectivity index (χ0) is 19.7. The van der Waals surface area contributed by atoms with E-state index in [1.807, 2.05) is 0 Å². The molecule has 1 aromatic carbocycles. The van der Waals surface area contributed by atoms with Crippen molar-refractivity contribution >= 4 is 21.5 Å². The van der Waals surface area contributed by atoms with E-state index in [0.717, 1.165) is 30.4 Å². The number of ether oxygens (including phenoxy) is 1. The van der Waals surface area contributed by atoms with Crippen molar-refractivity contribution in [2.45, 2.75) is 65.2 Å². The van der Waals surface area contributed by atoms with E-state index in [-0.39, 0.29) is 16.3 Å². The van der Waals surface area contributed by atoms with Gasteiger partial charge in [-0.1, -0.05) is 36.5 Å². The highest BCUT2D eigenvalue weighted by Crippen LogP contribution is 2.28. The molecule has 1 rings (SSSR count). The number of oxime groups is 2. The molecular formula is C18H28N2O5S. The molecule has 0 aliphatic carbocycles. The zero-order valence-corrected chi connectivity index (χ0v) is 16.9. The molecule has 0 aromatic heterocycles. The third-order valence-electron chi connectivity index (χ3n) is 3.91. The van der Waals surface area contributed by atoms with Crippen molar-refractivity contribution in [2.75, 3.05) is 6.61 Å². The molecule has 1 aromatic rings. The Labute approximate surface area is 155 Å². The van der Waals surface area contributed by atoms with Crippen LogP contribution in [-0.4, -0.2) is 31.7 Å². The van der Waals surface area contributed by atoms with Gasteiger partial charge < -0.3 is 9.94 Å². The van der Waals surface area contributed by atoms with Gasteiger partial charge in [0, 0.05) is 0 Å². The number of hydrogen-bond acceptors (Lipinski definition) is 7. The fraction of sp³-hybridized carbons (Fsp3) is 0.556. The molecule has 0 heterocycles. The first-order valence-corrected chi connectivity index (χ1v) is 10.0. The molecule has 0 amide bonds. The van der Waals surface area contributed by atoms with E-state index in [4.69, 9.17) is 14.2 Å². The lowest BCUT2D eigenvalue weighted by molar-refractivity contribution is 0.300. The molecule has 0 fully saturated rings. The lowest BCUT2D eigenvalue weighted by atomic mass is 10.1. The van der Waals surface area contributed by atoms with Crippen LogP contribution in [-0.2, 0) is 14.4 Å². The lowest BCUT2D eigenvalue weighted by Gasteiger charge is -2.14. The van der Waals surface area contributed by atoms with Gasteiger partial charge in [0.25, 0.3) is 0 Å². The number of hydrogen-bond donors (Lipinski definition) is 1. The molecular weight excluding hydrogens is 356 g/mol. The number of benzene rings is 1. The largest absolute Gasteiger partial charge is 0.493 e. The predicted octanol–water partition coefficient (Wildman–Crippen LogP) is 4.19. The van der Waals surface area contributed by atoms with Crippen LogP contribution in [0, 0.1) is 13.8 Å². The molecule has 0 aliphatic heterocycles. The molecule has 0 saturated carbocycles. The van der Waals surface area contributed by atoms with Crippen LogP contribution in [0.2, 0.25) is 0 Å². The number of unbranched alkanes of at least 4 members (excludes halogenated alkanes) is 3. The van der Waals surface area contributed by atoms with Crippen LogP contribution in [0.25, 0.3) is 0 Å². The molecule has 1 N–H and O–H groups in total. The summed E-state index contributed by atoms with van der Waals surface area (Å²) in [5.74, 6) is 0.698. The number of aryl methyl sites for hydroxylation is 2. The second kappa shape index (κ2) is 10.2. The number of rotatable bonds is 10. The van der Waals surface area contributed by atoms with Crippen LogP contribution in [0.15, 0.2) is 27.3 Å². The maximum Gasteiger partial charge on any atom is 0.358 e. The minimum Gasteiger partial charge on any atom is -0.493 e. The van der Waals surface area contributed by atoms with E-state index < -0.39 is 10.1 Å². The van der Waals surface area contributed by atoms with Crippen LogP contribution in [0.5, 0.6) is 5.75 Å². The summed E-state index contributed by atoms with van der Waals surface area (Å²) in [6.07, 6.45) is 4.42. The number of nitrogens with zero attached hydrogens (tertiary/aromatic N) is 2. The van der Waals surface area contributed by atoms with Gasteiger partial charge in [-0.2, -0.15) is 8.42 Å². The third kappa shape index (κ3) is 6.33. The van der Waals surface area contributed by atoms with Crippen molar-refractivity contribution in [1.82, 2.24) is 0 Å². The van der Waals surface area contributed by atoms with Crippen molar-refractivity contribution in [3.8, 4) is 5.75 Å². The van der Waals surface area contributed by atoms with Crippen LogP contribution in [0.3, 0.4) is 0 Å². The second-order valence-corrected chi connectivity index (χ2v) is 7.71. The van der Waals surface area contributed by atoms with E-state index in [1.54, 1.807) is 13.8 Å². The summed E-state index contributed by atoms with van der Waals surface area (Å²) in [5, 5.41) is 15.1. The Balaban J connectivity index is 2.91. The van der Waals surface area contributed by atoms with Crippen molar-refractivity contribution < 1.29 is 22.6 Å². The Morgan fingerprint density at radius 2 is 1.69 bits per heavy atom. The fourth-order valence-corrected chi connectivity index (χ4v) is 3.21. The van der Waals surface area contributed by atoms with Gasteiger partial charge in [0.1, 0.15) is 22.1 Å². The smallest absolute Gasteiger partial charge is 0.358 e. The van der Waals surface area contributed by atoms with E-state index >= 15 is 0 Å². The van der Waals surface area contributed by atoms with Gasteiger partial charge in [0.2, 0.25) is 0 Å². The Hall–Kier alpha value is -2.09. The van der Waals surface area contributed by atoms with Crippen LogP contribution in [0.4, 0.5) is 0 Å². The van der Waals surface area contributed by atoms with Gasteiger partial charge in [0.05, 0.1) is 6.61 Å². The van der Waals surface area contributed by atoms with E-state index in [9.17, 15) is 8.42 Å². The maximum atomic E-state index is 12.3. The summed E-state index contributed by atoms with van der Waals surface area (Å²) in [7, 11) is -4.07. The summed E-state index contributed by atoms with van der Waals surface area (Å²) < 4.78 is 35.2. The average Bonchev–Trinajstić information content (AvgIpc) is 2.60. The first-order chi connectivity index (χ1) is 12.2. The topological polar surface area (TPSA) is 97.6 Å². The first kappa shape index (κ1) is 22.0. The quantitative estimate of drug-likeness (QED) is 0.282. The van der Waals surface area contributed by atoms with Gasteiger partial charge in [0.15, 0.2) is 0 Å². The Morgan fingerprint density at radius 1 is 1.08 bits per heavy atom. The van der Waals surface area contributed by atoms with E-state index in [2.05, 4.69) is 17.2 Å². The van der Waals surface area contributed by atoms with Crippen molar-refractivity contribution in [3.05, 3.63) is 23.3 Å².